The van der Waals surface area contributed by atoms with Crippen LogP contribution in [0, 0.1) is 5.41 Å². The zero-order chi connectivity index (χ0) is 13.9. The summed E-state index contributed by atoms with van der Waals surface area (Å²) >= 11 is 0. The first kappa shape index (κ1) is 13.1. The highest BCUT2D eigenvalue weighted by molar-refractivity contribution is 5.74. The molecule has 8 heteroatoms. The number of hydrogen-bond acceptors (Lipinski definition) is 6. The highest BCUT2D eigenvalue weighted by Gasteiger charge is 2.33. The number of carboxylic acids is 1. The lowest BCUT2D eigenvalue weighted by atomic mass is 9.88. The van der Waals surface area contributed by atoms with Gasteiger partial charge >= 0.3 is 5.97 Å². The second-order valence-electron chi connectivity index (χ2n) is 4.51. The van der Waals surface area contributed by atoms with Gasteiger partial charge in [0.2, 0.25) is 0 Å². The van der Waals surface area contributed by atoms with E-state index in [1.165, 1.54) is 11.0 Å². The van der Waals surface area contributed by atoms with E-state index in [0.29, 0.717) is 17.8 Å². The summed E-state index contributed by atoms with van der Waals surface area (Å²) in [6, 6.07) is 0. The second kappa shape index (κ2) is 5.09. The summed E-state index contributed by atoms with van der Waals surface area (Å²) in [5.74, 6) is -0.415. The van der Waals surface area contributed by atoms with Gasteiger partial charge in [0.15, 0.2) is 5.82 Å². The first-order chi connectivity index (χ1) is 9.07. The minimum Gasteiger partial charge on any atom is -0.481 e. The van der Waals surface area contributed by atoms with Crippen LogP contribution >= 0.6 is 0 Å². The molecule has 2 aromatic rings. The Kier molecular flexibility index (Phi) is 3.50. The lowest BCUT2D eigenvalue weighted by molar-refractivity contribution is -0.149. The van der Waals surface area contributed by atoms with E-state index >= 15 is 0 Å². The summed E-state index contributed by atoms with van der Waals surface area (Å²) in [5, 5.41) is 20.6. The minimum atomic E-state index is -0.917. The van der Waals surface area contributed by atoms with Gasteiger partial charge in [-0.2, -0.15) is 0 Å². The van der Waals surface area contributed by atoms with E-state index in [1.54, 1.807) is 19.3 Å². The molecule has 8 nitrogen and oxygen atoms in total. The molecule has 0 bridgehead atoms. The number of carbonyl (C=O) groups is 1. The van der Waals surface area contributed by atoms with Crippen molar-refractivity contribution in [2.45, 2.75) is 26.8 Å². The number of tetrazole rings is 1. The van der Waals surface area contributed by atoms with Crippen LogP contribution in [0.25, 0.3) is 11.4 Å². The van der Waals surface area contributed by atoms with Gasteiger partial charge in [0.05, 0.1) is 17.5 Å². The summed E-state index contributed by atoms with van der Waals surface area (Å²) in [6.07, 6.45) is 5.05. The van der Waals surface area contributed by atoms with Gasteiger partial charge in [-0.3, -0.25) is 4.79 Å². The first-order valence-corrected chi connectivity index (χ1v) is 5.82. The van der Waals surface area contributed by atoms with Crippen molar-refractivity contribution in [3.05, 3.63) is 18.7 Å². The van der Waals surface area contributed by atoms with Crippen LogP contribution in [-0.4, -0.2) is 41.3 Å². The van der Waals surface area contributed by atoms with E-state index in [2.05, 4.69) is 25.5 Å². The standard InChI is InChI=1S/C11H14N6O2/c1-3-11(2,10(18)19)6-17-9(14-15-16-17)8-4-12-7-13-5-8/h4-5,7H,3,6H2,1-2H3,(H,18,19). The zero-order valence-electron chi connectivity index (χ0n) is 10.7. The molecule has 0 saturated carbocycles. The molecule has 1 atom stereocenters. The molecule has 19 heavy (non-hydrogen) atoms. The summed E-state index contributed by atoms with van der Waals surface area (Å²) in [7, 11) is 0. The minimum absolute atomic E-state index is 0.191. The molecule has 2 aromatic heterocycles. The molecule has 0 saturated heterocycles. The molecular formula is C11H14N6O2. The largest absolute Gasteiger partial charge is 0.481 e. The summed E-state index contributed by atoms with van der Waals surface area (Å²) in [4.78, 5) is 19.1. The van der Waals surface area contributed by atoms with E-state index in [0.717, 1.165) is 0 Å². The Bertz CT molecular complexity index is 570. The fourth-order valence-electron chi connectivity index (χ4n) is 1.59. The van der Waals surface area contributed by atoms with Gasteiger partial charge in [0.1, 0.15) is 6.33 Å². The molecule has 2 rings (SSSR count). The van der Waals surface area contributed by atoms with Crippen molar-refractivity contribution in [1.82, 2.24) is 30.2 Å². The van der Waals surface area contributed by atoms with Crippen molar-refractivity contribution in [1.29, 1.82) is 0 Å². The van der Waals surface area contributed by atoms with Gasteiger partial charge < -0.3 is 5.11 Å². The lowest BCUT2D eigenvalue weighted by Gasteiger charge is -2.22. The Balaban J connectivity index is 2.33. The van der Waals surface area contributed by atoms with Crippen LogP contribution in [0.2, 0.25) is 0 Å². The average molecular weight is 262 g/mol. The molecule has 0 fully saturated rings. The summed E-state index contributed by atoms with van der Waals surface area (Å²) < 4.78 is 1.47. The predicted molar refractivity (Wildman–Crippen MR) is 64.9 cm³/mol. The highest BCUT2D eigenvalue weighted by Crippen LogP contribution is 2.25. The van der Waals surface area contributed by atoms with Gasteiger partial charge in [-0.25, -0.2) is 14.6 Å². The molecule has 1 N–H and O–H groups in total. The van der Waals surface area contributed by atoms with E-state index in [4.69, 9.17) is 0 Å². The third-order valence-corrected chi connectivity index (χ3v) is 3.15. The van der Waals surface area contributed by atoms with Crippen molar-refractivity contribution in [2.75, 3.05) is 0 Å². The second-order valence-corrected chi connectivity index (χ2v) is 4.51. The van der Waals surface area contributed by atoms with Crippen LogP contribution in [0.5, 0.6) is 0 Å². The summed E-state index contributed by atoms with van der Waals surface area (Å²) in [5.41, 5.74) is -0.268. The van der Waals surface area contributed by atoms with Crippen molar-refractivity contribution in [3.8, 4) is 11.4 Å². The van der Waals surface area contributed by atoms with Crippen molar-refractivity contribution in [3.63, 3.8) is 0 Å². The molecule has 0 radical (unpaired) electrons. The monoisotopic (exact) mass is 262 g/mol. The molecule has 0 aliphatic rings. The van der Waals surface area contributed by atoms with Crippen molar-refractivity contribution < 1.29 is 9.90 Å². The van der Waals surface area contributed by atoms with Gasteiger partial charge in [-0.05, 0) is 23.8 Å². The van der Waals surface area contributed by atoms with Crippen molar-refractivity contribution in [2.24, 2.45) is 5.41 Å². The quantitative estimate of drug-likeness (QED) is 0.842. The molecular weight excluding hydrogens is 248 g/mol. The third kappa shape index (κ3) is 2.56. The molecule has 100 valence electrons. The van der Waals surface area contributed by atoms with Crippen LogP contribution in [0.4, 0.5) is 0 Å². The maximum absolute atomic E-state index is 11.3. The average Bonchev–Trinajstić information content (AvgIpc) is 2.87. The number of hydrogen-bond donors (Lipinski definition) is 1. The molecule has 0 aromatic carbocycles. The van der Waals surface area contributed by atoms with E-state index in [-0.39, 0.29) is 6.54 Å². The topological polar surface area (TPSA) is 107 Å². The van der Waals surface area contributed by atoms with Gasteiger partial charge in [-0.15, -0.1) is 5.10 Å². The molecule has 0 aliphatic heterocycles. The Morgan fingerprint density at radius 3 is 2.68 bits per heavy atom. The fraction of sp³-hybridized carbons (Fsp3) is 0.455. The number of rotatable bonds is 5. The van der Waals surface area contributed by atoms with Crippen LogP contribution in [0.15, 0.2) is 18.7 Å². The van der Waals surface area contributed by atoms with Crippen molar-refractivity contribution >= 4 is 5.97 Å². The SMILES string of the molecule is CCC(C)(Cn1nnnc1-c1cncnc1)C(=O)O. The smallest absolute Gasteiger partial charge is 0.311 e. The Morgan fingerprint density at radius 1 is 1.42 bits per heavy atom. The Labute approximate surface area is 109 Å². The van der Waals surface area contributed by atoms with Gasteiger partial charge in [0, 0.05) is 12.4 Å². The Morgan fingerprint density at radius 2 is 2.11 bits per heavy atom. The van der Waals surface area contributed by atoms with Crippen LogP contribution in [0.1, 0.15) is 20.3 Å². The van der Waals surface area contributed by atoms with Gasteiger partial charge in [0.25, 0.3) is 0 Å². The maximum Gasteiger partial charge on any atom is 0.311 e. The first-order valence-electron chi connectivity index (χ1n) is 5.82. The van der Waals surface area contributed by atoms with E-state index < -0.39 is 11.4 Å². The lowest BCUT2D eigenvalue weighted by Crippen LogP contribution is -2.32. The van der Waals surface area contributed by atoms with Crippen LogP contribution in [-0.2, 0) is 11.3 Å². The third-order valence-electron chi connectivity index (χ3n) is 3.15. The van der Waals surface area contributed by atoms with Crippen LogP contribution in [0.3, 0.4) is 0 Å². The zero-order valence-corrected chi connectivity index (χ0v) is 10.7. The molecule has 0 amide bonds. The Hall–Kier alpha value is -2.38. The fourth-order valence-corrected chi connectivity index (χ4v) is 1.59. The van der Waals surface area contributed by atoms with E-state index in [1.807, 2.05) is 6.92 Å². The maximum atomic E-state index is 11.3. The highest BCUT2D eigenvalue weighted by atomic mass is 16.4. The number of nitrogens with zero attached hydrogens (tertiary/aromatic N) is 6. The number of carboxylic acid groups (broad SMARTS) is 1. The van der Waals surface area contributed by atoms with Crippen LogP contribution < -0.4 is 0 Å². The summed E-state index contributed by atoms with van der Waals surface area (Å²) in [6.45, 7) is 3.68. The number of aromatic nitrogens is 6. The molecule has 2 heterocycles. The molecule has 1 unspecified atom stereocenters. The molecule has 0 spiro atoms. The molecule has 0 aliphatic carbocycles. The normalized spacial score (nSPS) is 14.0. The van der Waals surface area contributed by atoms with E-state index in [9.17, 15) is 9.90 Å². The predicted octanol–water partition coefficient (Wildman–Crippen LogP) is 0.631. The van der Waals surface area contributed by atoms with Gasteiger partial charge in [-0.1, -0.05) is 6.92 Å². The number of aliphatic carboxylic acids is 1.